The summed E-state index contributed by atoms with van der Waals surface area (Å²) in [5, 5.41) is 0. The number of ketones is 1. The van der Waals surface area contributed by atoms with E-state index in [0.717, 1.165) is 20.9 Å². The second kappa shape index (κ2) is 5.08. The molecule has 1 unspecified atom stereocenters. The van der Waals surface area contributed by atoms with Crippen molar-refractivity contribution in [2.75, 3.05) is 0 Å². The van der Waals surface area contributed by atoms with E-state index in [1.165, 1.54) is 0 Å². The van der Waals surface area contributed by atoms with Crippen molar-refractivity contribution in [1.82, 2.24) is 0 Å². The molecule has 1 atom stereocenters. The maximum absolute atomic E-state index is 11.8. The van der Waals surface area contributed by atoms with Gasteiger partial charge in [0.15, 0.2) is 5.78 Å². The molecule has 14 heavy (non-hydrogen) atoms. The molecular weight excluding hydrogens is 308 g/mol. The molecule has 3 heteroatoms. The van der Waals surface area contributed by atoms with Gasteiger partial charge in [0.2, 0.25) is 0 Å². The Balaban J connectivity index is 3.01. The zero-order chi connectivity index (χ0) is 10.7. The maximum Gasteiger partial charge on any atom is 0.165 e. The molecule has 0 spiro atoms. The first-order valence-corrected chi connectivity index (χ1v) is 6.13. The first-order chi connectivity index (χ1) is 6.54. The molecule has 0 N–H and O–H groups in total. The molecule has 1 nitrogen and oxygen atoms in total. The van der Waals surface area contributed by atoms with Crippen molar-refractivity contribution in [3.8, 4) is 0 Å². The highest BCUT2D eigenvalue weighted by Crippen LogP contribution is 2.22. The third-order valence-corrected chi connectivity index (χ3v) is 3.12. The van der Waals surface area contributed by atoms with Crippen LogP contribution >= 0.6 is 31.9 Å². The SMILES string of the molecule is CCC(C)C(=O)c1cc(Br)cc(Br)c1. The van der Waals surface area contributed by atoms with Crippen LogP contribution in [0.5, 0.6) is 0 Å². The molecule has 0 bridgehead atoms. The Morgan fingerprint density at radius 2 is 1.79 bits per heavy atom. The summed E-state index contributed by atoms with van der Waals surface area (Å²) in [5.41, 5.74) is 0.764. The van der Waals surface area contributed by atoms with Gasteiger partial charge in [0.05, 0.1) is 0 Å². The van der Waals surface area contributed by atoms with E-state index in [4.69, 9.17) is 0 Å². The summed E-state index contributed by atoms with van der Waals surface area (Å²) < 4.78 is 1.86. The quantitative estimate of drug-likeness (QED) is 0.753. The number of benzene rings is 1. The average Bonchev–Trinajstić information content (AvgIpc) is 2.14. The molecule has 1 rings (SSSR count). The molecule has 0 aliphatic carbocycles. The third kappa shape index (κ3) is 2.92. The van der Waals surface area contributed by atoms with E-state index < -0.39 is 0 Å². The van der Waals surface area contributed by atoms with Crippen LogP contribution in [-0.4, -0.2) is 5.78 Å². The Morgan fingerprint density at radius 1 is 1.29 bits per heavy atom. The monoisotopic (exact) mass is 318 g/mol. The normalized spacial score (nSPS) is 12.6. The standard InChI is InChI=1S/C11H12Br2O/c1-3-7(2)11(14)8-4-9(12)6-10(13)5-8/h4-7H,3H2,1-2H3. The molecule has 1 aromatic carbocycles. The summed E-state index contributed by atoms with van der Waals surface area (Å²) in [7, 11) is 0. The van der Waals surface area contributed by atoms with E-state index in [2.05, 4.69) is 31.9 Å². The van der Waals surface area contributed by atoms with E-state index in [9.17, 15) is 4.79 Å². The summed E-state index contributed by atoms with van der Waals surface area (Å²) in [5.74, 6) is 0.297. The number of hydrogen-bond donors (Lipinski definition) is 0. The fraction of sp³-hybridized carbons (Fsp3) is 0.364. The minimum Gasteiger partial charge on any atom is -0.294 e. The molecule has 0 saturated heterocycles. The smallest absolute Gasteiger partial charge is 0.165 e. The summed E-state index contributed by atoms with van der Waals surface area (Å²) in [4.78, 5) is 11.8. The topological polar surface area (TPSA) is 17.1 Å². The molecule has 1 aromatic rings. The zero-order valence-corrected chi connectivity index (χ0v) is 11.4. The van der Waals surface area contributed by atoms with Gasteiger partial charge >= 0.3 is 0 Å². The number of rotatable bonds is 3. The predicted molar refractivity (Wildman–Crippen MR) is 65.6 cm³/mol. The molecular formula is C11H12Br2O. The van der Waals surface area contributed by atoms with Crippen molar-refractivity contribution in [3.05, 3.63) is 32.7 Å². The van der Waals surface area contributed by atoms with Crippen LogP contribution in [0.2, 0.25) is 0 Å². The fourth-order valence-corrected chi connectivity index (χ4v) is 2.46. The second-order valence-electron chi connectivity index (χ2n) is 3.33. The maximum atomic E-state index is 11.8. The molecule has 0 aromatic heterocycles. The van der Waals surface area contributed by atoms with Gasteiger partial charge in [-0.05, 0) is 24.6 Å². The fourth-order valence-electron chi connectivity index (χ4n) is 1.17. The Kier molecular flexibility index (Phi) is 4.32. The first-order valence-electron chi connectivity index (χ1n) is 4.55. The van der Waals surface area contributed by atoms with Crippen LogP contribution in [0.3, 0.4) is 0 Å². The van der Waals surface area contributed by atoms with Crippen molar-refractivity contribution in [2.24, 2.45) is 5.92 Å². The Morgan fingerprint density at radius 3 is 2.21 bits per heavy atom. The van der Waals surface area contributed by atoms with Crippen molar-refractivity contribution in [1.29, 1.82) is 0 Å². The second-order valence-corrected chi connectivity index (χ2v) is 5.16. The lowest BCUT2D eigenvalue weighted by molar-refractivity contribution is 0.0927. The van der Waals surface area contributed by atoms with Crippen molar-refractivity contribution >= 4 is 37.6 Å². The first kappa shape index (κ1) is 11.9. The molecule has 0 radical (unpaired) electrons. The van der Waals surface area contributed by atoms with Gasteiger partial charge in [-0.2, -0.15) is 0 Å². The van der Waals surface area contributed by atoms with Gasteiger partial charge in [-0.3, -0.25) is 4.79 Å². The summed E-state index contributed by atoms with van der Waals surface area (Å²) >= 11 is 6.74. The minimum absolute atomic E-state index is 0.0937. The minimum atomic E-state index is 0.0937. The van der Waals surface area contributed by atoms with Crippen LogP contribution in [0, 0.1) is 5.92 Å². The van der Waals surface area contributed by atoms with Gasteiger partial charge < -0.3 is 0 Å². The predicted octanol–water partition coefficient (Wildman–Crippen LogP) is 4.44. The van der Waals surface area contributed by atoms with E-state index in [1.807, 2.05) is 32.0 Å². The Bertz CT molecular complexity index is 327. The molecule has 76 valence electrons. The largest absolute Gasteiger partial charge is 0.294 e. The lowest BCUT2D eigenvalue weighted by Gasteiger charge is -2.08. The molecule has 0 amide bonds. The van der Waals surface area contributed by atoms with Gasteiger partial charge in [0.1, 0.15) is 0 Å². The van der Waals surface area contributed by atoms with Gasteiger partial charge in [0, 0.05) is 20.4 Å². The van der Waals surface area contributed by atoms with Crippen LogP contribution in [-0.2, 0) is 0 Å². The molecule has 0 fully saturated rings. The van der Waals surface area contributed by atoms with Gasteiger partial charge in [-0.15, -0.1) is 0 Å². The van der Waals surface area contributed by atoms with Crippen LogP contribution in [0.15, 0.2) is 27.1 Å². The van der Waals surface area contributed by atoms with Crippen LogP contribution < -0.4 is 0 Å². The summed E-state index contributed by atoms with van der Waals surface area (Å²) in [6, 6.07) is 5.64. The third-order valence-electron chi connectivity index (χ3n) is 2.21. The van der Waals surface area contributed by atoms with Crippen molar-refractivity contribution in [2.45, 2.75) is 20.3 Å². The molecule has 0 aliphatic rings. The van der Waals surface area contributed by atoms with Gasteiger partial charge in [0.25, 0.3) is 0 Å². The number of halogens is 2. The lowest BCUT2D eigenvalue weighted by Crippen LogP contribution is -2.10. The molecule has 0 saturated carbocycles. The van der Waals surface area contributed by atoms with E-state index in [-0.39, 0.29) is 11.7 Å². The highest BCUT2D eigenvalue weighted by molar-refractivity contribution is 9.11. The highest BCUT2D eigenvalue weighted by atomic mass is 79.9. The van der Waals surface area contributed by atoms with Gasteiger partial charge in [-0.25, -0.2) is 0 Å². The van der Waals surface area contributed by atoms with E-state index in [1.54, 1.807) is 0 Å². The number of hydrogen-bond acceptors (Lipinski definition) is 1. The summed E-state index contributed by atoms with van der Waals surface area (Å²) in [6.45, 7) is 3.98. The number of carbonyl (C=O) groups excluding carboxylic acids is 1. The van der Waals surface area contributed by atoms with Crippen LogP contribution in [0.4, 0.5) is 0 Å². The molecule has 0 heterocycles. The number of Topliss-reactive ketones (excluding diaryl/α,β-unsaturated/α-hetero) is 1. The number of carbonyl (C=O) groups is 1. The Labute approximate surface area is 101 Å². The van der Waals surface area contributed by atoms with E-state index >= 15 is 0 Å². The lowest BCUT2D eigenvalue weighted by atomic mass is 9.97. The molecule has 0 aliphatic heterocycles. The van der Waals surface area contributed by atoms with Crippen LogP contribution in [0.25, 0.3) is 0 Å². The average molecular weight is 320 g/mol. The Hall–Kier alpha value is -0.150. The summed E-state index contributed by atoms with van der Waals surface area (Å²) in [6.07, 6.45) is 0.878. The van der Waals surface area contributed by atoms with Gasteiger partial charge in [-0.1, -0.05) is 45.7 Å². The highest BCUT2D eigenvalue weighted by Gasteiger charge is 2.13. The van der Waals surface area contributed by atoms with Crippen molar-refractivity contribution in [3.63, 3.8) is 0 Å². The zero-order valence-electron chi connectivity index (χ0n) is 8.18. The van der Waals surface area contributed by atoms with Crippen molar-refractivity contribution < 1.29 is 4.79 Å². The van der Waals surface area contributed by atoms with E-state index in [0.29, 0.717) is 0 Å². The van der Waals surface area contributed by atoms with Crippen LogP contribution in [0.1, 0.15) is 30.6 Å².